The van der Waals surface area contributed by atoms with Gasteiger partial charge in [-0.2, -0.15) is 0 Å². The van der Waals surface area contributed by atoms with Gasteiger partial charge in [0, 0.05) is 44.5 Å². The molecule has 0 aromatic heterocycles. The van der Waals surface area contributed by atoms with Crippen molar-refractivity contribution in [3.63, 3.8) is 0 Å². The molecular formula is C17H25N3O. The molecule has 2 aliphatic rings. The topological polar surface area (TPSA) is 35.6 Å². The Morgan fingerprint density at radius 1 is 1.29 bits per heavy atom. The summed E-state index contributed by atoms with van der Waals surface area (Å²) in [5.41, 5.74) is 1.73. The smallest absolute Gasteiger partial charge is 0.255 e. The van der Waals surface area contributed by atoms with Gasteiger partial charge in [0.2, 0.25) is 0 Å². The minimum atomic E-state index is 0.0585. The van der Waals surface area contributed by atoms with E-state index in [0.29, 0.717) is 12.1 Å². The number of hydrogen-bond donors (Lipinski definition) is 1. The summed E-state index contributed by atoms with van der Waals surface area (Å²) in [6.45, 7) is 3.41. The normalized spacial score (nSPS) is 25.9. The molecule has 1 saturated heterocycles. The van der Waals surface area contributed by atoms with Gasteiger partial charge in [-0.1, -0.05) is 12.1 Å². The van der Waals surface area contributed by atoms with Gasteiger partial charge < -0.3 is 10.2 Å². The SMILES string of the molecule is CC1CC(Nc2ccccc2C(=O)N(C)C)CN1C1CC1. The molecule has 1 heterocycles. The molecule has 114 valence electrons. The number of anilines is 1. The van der Waals surface area contributed by atoms with Gasteiger partial charge in [-0.15, -0.1) is 0 Å². The van der Waals surface area contributed by atoms with Crippen LogP contribution in [0.5, 0.6) is 0 Å². The van der Waals surface area contributed by atoms with E-state index in [9.17, 15) is 4.79 Å². The molecule has 0 bridgehead atoms. The van der Waals surface area contributed by atoms with Gasteiger partial charge in [0.25, 0.3) is 5.91 Å². The predicted octanol–water partition coefficient (Wildman–Crippen LogP) is 2.43. The van der Waals surface area contributed by atoms with Gasteiger partial charge in [0.1, 0.15) is 0 Å². The lowest BCUT2D eigenvalue weighted by molar-refractivity contribution is 0.0828. The maximum absolute atomic E-state index is 12.3. The second kappa shape index (κ2) is 5.68. The fraction of sp³-hybridized carbons (Fsp3) is 0.588. The monoisotopic (exact) mass is 287 g/mol. The lowest BCUT2D eigenvalue weighted by Gasteiger charge is -2.20. The summed E-state index contributed by atoms with van der Waals surface area (Å²) in [4.78, 5) is 16.5. The summed E-state index contributed by atoms with van der Waals surface area (Å²) in [5.74, 6) is 0.0585. The van der Waals surface area contributed by atoms with Crippen molar-refractivity contribution in [2.24, 2.45) is 0 Å². The molecule has 3 rings (SSSR count). The highest BCUT2D eigenvalue weighted by molar-refractivity contribution is 5.99. The Morgan fingerprint density at radius 2 is 2.00 bits per heavy atom. The van der Waals surface area contributed by atoms with Gasteiger partial charge in [-0.05, 0) is 38.3 Å². The number of para-hydroxylation sites is 1. The average molecular weight is 287 g/mol. The highest BCUT2D eigenvalue weighted by Crippen LogP contribution is 2.34. The maximum atomic E-state index is 12.3. The number of amides is 1. The summed E-state index contributed by atoms with van der Waals surface area (Å²) >= 11 is 0. The van der Waals surface area contributed by atoms with E-state index in [4.69, 9.17) is 0 Å². The Bertz CT molecular complexity index is 525. The minimum Gasteiger partial charge on any atom is -0.380 e. The van der Waals surface area contributed by atoms with Crippen molar-refractivity contribution >= 4 is 11.6 Å². The molecule has 1 aromatic carbocycles. The molecule has 4 nitrogen and oxygen atoms in total. The zero-order chi connectivity index (χ0) is 15.0. The summed E-state index contributed by atoms with van der Waals surface area (Å²) in [5, 5.41) is 3.60. The van der Waals surface area contributed by atoms with Crippen LogP contribution in [-0.4, -0.2) is 54.5 Å². The zero-order valence-corrected chi connectivity index (χ0v) is 13.2. The molecule has 2 atom stereocenters. The molecule has 1 aliphatic carbocycles. The molecule has 1 saturated carbocycles. The van der Waals surface area contributed by atoms with Gasteiger partial charge in [-0.3, -0.25) is 9.69 Å². The van der Waals surface area contributed by atoms with Crippen LogP contribution in [0.3, 0.4) is 0 Å². The number of carbonyl (C=O) groups is 1. The molecule has 0 radical (unpaired) electrons. The first-order valence-corrected chi connectivity index (χ1v) is 7.89. The Labute approximate surface area is 127 Å². The molecule has 1 amide bonds. The molecule has 1 N–H and O–H groups in total. The van der Waals surface area contributed by atoms with E-state index < -0.39 is 0 Å². The number of benzene rings is 1. The van der Waals surface area contributed by atoms with Crippen LogP contribution < -0.4 is 5.32 Å². The van der Waals surface area contributed by atoms with Crippen molar-refractivity contribution in [1.82, 2.24) is 9.80 Å². The quantitative estimate of drug-likeness (QED) is 0.924. The largest absolute Gasteiger partial charge is 0.380 e. The first kappa shape index (κ1) is 14.4. The average Bonchev–Trinajstić information content (AvgIpc) is 3.23. The van der Waals surface area contributed by atoms with Crippen molar-refractivity contribution in [3.05, 3.63) is 29.8 Å². The fourth-order valence-electron chi connectivity index (χ4n) is 3.33. The maximum Gasteiger partial charge on any atom is 0.255 e. The first-order valence-electron chi connectivity index (χ1n) is 7.89. The first-order chi connectivity index (χ1) is 10.1. The Morgan fingerprint density at radius 3 is 2.67 bits per heavy atom. The Hall–Kier alpha value is -1.55. The van der Waals surface area contributed by atoms with Crippen molar-refractivity contribution in [2.45, 2.75) is 44.3 Å². The summed E-state index contributed by atoms with van der Waals surface area (Å²) in [6, 6.07) is 9.73. The summed E-state index contributed by atoms with van der Waals surface area (Å²) in [6.07, 6.45) is 3.86. The molecule has 4 heteroatoms. The third-order valence-corrected chi connectivity index (χ3v) is 4.56. The molecule has 2 fully saturated rings. The second-order valence-electron chi connectivity index (χ2n) is 6.60. The number of nitrogens with zero attached hydrogens (tertiary/aromatic N) is 2. The van der Waals surface area contributed by atoms with Gasteiger partial charge >= 0.3 is 0 Å². The van der Waals surface area contributed by atoms with Crippen LogP contribution in [-0.2, 0) is 0 Å². The number of carbonyl (C=O) groups excluding carboxylic acids is 1. The lowest BCUT2D eigenvalue weighted by Crippen LogP contribution is -2.31. The van der Waals surface area contributed by atoms with E-state index in [1.807, 2.05) is 24.3 Å². The van der Waals surface area contributed by atoms with Gasteiger partial charge in [0.05, 0.1) is 5.56 Å². The van der Waals surface area contributed by atoms with E-state index in [2.05, 4.69) is 17.1 Å². The van der Waals surface area contributed by atoms with Crippen molar-refractivity contribution in [3.8, 4) is 0 Å². The van der Waals surface area contributed by atoms with Crippen LogP contribution in [0.2, 0.25) is 0 Å². The number of nitrogens with one attached hydrogen (secondary N) is 1. The molecule has 2 unspecified atom stereocenters. The number of rotatable bonds is 4. The second-order valence-corrected chi connectivity index (χ2v) is 6.60. The Balaban J connectivity index is 1.72. The third kappa shape index (κ3) is 3.05. The highest BCUT2D eigenvalue weighted by Gasteiger charge is 2.38. The molecular weight excluding hydrogens is 262 g/mol. The van der Waals surface area contributed by atoms with E-state index in [1.165, 1.54) is 12.8 Å². The summed E-state index contributed by atoms with van der Waals surface area (Å²) in [7, 11) is 3.59. The summed E-state index contributed by atoms with van der Waals surface area (Å²) < 4.78 is 0. The van der Waals surface area contributed by atoms with Crippen LogP contribution >= 0.6 is 0 Å². The van der Waals surface area contributed by atoms with Gasteiger partial charge in [0.15, 0.2) is 0 Å². The number of likely N-dealkylation sites (tertiary alicyclic amines) is 1. The molecule has 21 heavy (non-hydrogen) atoms. The standard InChI is InChI=1S/C17H25N3O/c1-12-10-13(11-20(12)14-8-9-14)18-16-7-5-4-6-15(16)17(21)19(2)3/h4-7,12-14,18H,8-11H2,1-3H3. The van der Waals surface area contributed by atoms with Crippen LogP contribution in [0.15, 0.2) is 24.3 Å². The van der Waals surface area contributed by atoms with Crippen LogP contribution in [0, 0.1) is 0 Å². The molecule has 1 aliphatic heterocycles. The molecule has 0 spiro atoms. The zero-order valence-electron chi connectivity index (χ0n) is 13.2. The third-order valence-electron chi connectivity index (χ3n) is 4.56. The van der Waals surface area contributed by atoms with Crippen LogP contribution in [0.4, 0.5) is 5.69 Å². The molecule has 1 aromatic rings. The highest BCUT2D eigenvalue weighted by atomic mass is 16.2. The lowest BCUT2D eigenvalue weighted by atomic mass is 10.1. The van der Waals surface area contributed by atoms with Gasteiger partial charge in [-0.25, -0.2) is 0 Å². The number of hydrogen-bond acceptors (Lipinski definition) is 3. The Kier molecular flexibility index (Phi) is 3.89. The van der Waals surface area contributed by atoms with Crippen molar-refractivity contribution < 1.29 is 4.79 Å². The van der Waals surface area contributed by atoms with E-state index in [0.717, 1.165) is 30.3 Å². The van der Waals surface area contributed by atoms with E-state index in [1.54, 1.807) is 19.0 Å². The van der Waals surface area contributed by atoms with Crippen LogP contribution in [0.1, 0.15) is 36.5 Å². The van der Waals surface area contributed by atoms with E-state index in [-0.39, 0.29) is 5.91 Å². The van der Waals surface area contributed by atoms with Crippen molar-refractivity contribution in [2.75, 3.05) is 26.0 Å². The minimum absolute atomic E-state index is 0.0585. The van der Waals surface area contributed by atoms with Crippen LogP contribution in [0.25, 0.3) is 0 Å². The predicted molar refractivity (Wildman–Crippen MR) is 85.7 cm³/mol. The van der Waals surface area contributed by atoms with E-state index >= 15 is 0 Å². The fourth-order valence-corrected chi connectivity index (χ4v) is 3.33. The van der Waals surface area contributed by atoms with Crippen molar-refractivity contribution in [1.29, 1.82) is 0 Å².